The van der Waals surface area contributed by atoms with Gasteiger partial charge in [-0.15, -0.1) is 0 Å². The molecular formula is C21H25N3O5. The monoisotopic (exact) mass is 399 g/mol. The number of anilines is 1. The summed E-state index contributed by atoms with van der Waals surface area (Å²) in [5.74, 6) is 1.92. The van der Waals surface area contributed by atoms with Gasteiger partial charge in [-0.1, -0.05) is 13.8 Å². The van der Waals surface area contributed by atoms with Gasteiger partial charge in [0.25, 0.3) is 0 Å². The SMILES string of the molecule is CC(=O)Nc1nccc2c1COc1cc(OCC(CC(C)C)NC(=O)O)ccc1-2. The molecule has 8 heteroatoms. The molecule has 1 aliphatic rings. The van der Waals surface area contributed by atoms with Crippen molar-refractivity contribution in [1.82, 2.24) is 10.3 Å². The highest BCUT2D eigenvalue weighted by atomic mass is 16.5. The third kappa shape index (κ3) is 5.16. The van der Waals surface area contributed by atoms with Crippen molar-refractivity contribution >= 4 is 17.8 Å². The standard InChI is InChI=1S/C21H25N3O5/c1-12(2)8-14(24-21(26)27)10-28-15-4-5-17-16-6-7-22-20(23-13(3)25)18(16)11-29-19(17)9-15/h4-7,9,12,14,24H,8,10-11H2,1-3H3,(H,26,27)(H,22,23,25). The Balaban J connectivity index is 1.77. The summed E-state index contributed by atoms with van der Waals surface area (Å²) in [6.07, 6.45) is 1.27. The van der Waals surface area contributed by atoms with Crippen molar-refractivity contribution in [1.29, 1.82) is 0 Å². The maximum atomic E-state index is 11.4. The van der Waals surface area contributed by atoms with Gasteiger partial charge in [-0.2, -0.15) is 0 Å². The smallest absolute Gasteiger partial charge is 0.404 e. The normalized spacial score (nSPS) is 13.0. The molecule has 0 bridgehead atoms. The zero-order valence-corrected chi connectivity index (χ0v) is 16.7. The van der Waals surface area contributed by atoms with Crippen LogP contribution in [0.15, 0.2) is 30.5 Å². The Labute approximate surface area is 169 Å². The number of fused-ring (bicyclic) bond motifs is 3. The van der Waals surface area contributed by atoms with Crippen molar-refractivity contribution in [3.63, 3.8) is 0 Å². The molecule has 1 aromatic heterocycles. The van der Waals surface area contributed by atoms with E-state index in [0.717, 1.165) is 16.7 Å². The molecule has 0 radical (unpaired) electrons. The molecule has 3 rings (SSSR count). The highest BCUT2D eigenvalue weighted by molar-refractivity contribution is 5.90. The quantitative estimate of drug-likeness (QED) is 0.655. The average Bonchev–Trinajstić information content (AvgIpc) is 2.64. The first-order chi connectivity index (χ1) is 13.8. The third-order valence-electron chi connectivity index (χ3n) is 4.50. The van der Waals surface area contributed by atoms with E-state index in [1.807, 2.05) is 32.0 Å². The number of rotatable bonds is 7. The molecule has 0 saturated heterocycles. The van der Waals surface area contributed by atoms with Gasteiger partial charge < -0.3 is 25.2 Å². The van der Waals surface area contributed by atoms with Crippen molar-refractivity contribution in [2.75, 3.05) is 11.9 Å². The lowest BCUT2D eigenvalue weighted by molar-refractivity contribution is -0.114. The van der Waals surface area contributed by atoms with Crippen LogP contribution in [-0.4, -0.2) is 34.7 Å². The molecule has 2 aromatic rings. The van der Waals surface area contributed by atoms with E-state index >= 15 is 0 Å². The van der Waals surface area contributed by atoms with Crippen LogP contribution in [0.1, 0.15) is 32.8 Å². The Morgan fingerprint density at radius 1 is 1.28 bits per heavy atom. The zero-order valence-electron chi connectivity index (χ0n) is 16.7. The van der Waals surface area contributed by atoms with Gasteiger partial charge in [-0.3, -0.25) is 4.79 Å². The van der Waals surface area contributed by atoms with Gasteiger partial charge in [-0.05, 0) is 36.1 Å². The van der Waals surface area contributed by atoms with Gasteiger partial charge in [-0.25, -0.2) is 9.78 Å². The molecule has 0 saturated carbocycles. The number of nitrogens with zero attached hydrogens (tertiary/aromatic N) is 1. The van der Waals surface area contributed by atoms with Gasteiger partial charge in [0.2, 0.25) is 5.91 Å². The lowest BCUT2D eigenvalue weighted by atomic mass is 9.98. The van der Waals surface area contributed by atoms with Crippen molar-refractivity contribution in [3.8, 4) is 22.6 Å². The Hall–Kier alpha value is -3.29. The second-order valence-electron chi connectivity index (χ2n) is 7.40. The van der Waals surface area contributed by atoms with Gasteiger partial charge in [0.15, 0.2) is 0 Å². The summed E-state index contributed by atoms with van der Waals surface area (Å²) >= 11 is 0. The Kier molecular flexibility index (Phi) is 6.21. The first kappa shape index (κ1) is 20.4. The van der Waals surface area contributed by atoms with Crippen LogP contribution in [0.3, 0.4) is 0 Å². The number of aromatic nitrogens is 1. The van der Waals surface area contributed by atoms with E-state index in [2.05, 4.69) is 15.6 Å². The lowest BCUT2D eigenvalue weighted by Gasteiger charge is -2.24. The highest BCUT2D eigenvalue weighted by Gasteiger charge is 2.22. The number of nitrogens with one attached hydrogen (secondary N) is 2. The fourth-order valence-electron chi connectivity index (χ4n) is 3.36. The zero-order chi connectivity index (χ0) is 21.0. The van der Waals surface area contributed by atoms with Crippen LogP contribution >= 0.6 is 0 Å². The van der Waals surface area contributed by atoms with Gasteiger partial charge in [0.05, 0.1) is 6.04 Å². The van der Waals surface area contributed by atoms with Crippen molar-refractivity contribution in [3.05, 3.63) is 36.0 Å². The van der Waals surface area contributed by atoms with E-state index < -0.39 is 6.09 Å². The molecule has 29 heavy (non-hydrogen) atoms. The predicted molar refractivity (Wildman–Crippen MR) is 108 cm³/mol. The van der Waals surface area contributed by atoms with Crippen molar-refractivity contribution < 1.29 is 24.2 Å². The number of ether oxygens (including phenoxy) is 2. The van der Waals surface area contributed by atoms with Crippen LogP contribution < -0.4 is 20.1 Å². The summed E-state index contributed by atoms with van der Waals surface area (Å²) in [6.45, 7) is 6.02. The number of hydrogen-bond acceptors (Lipinski definition) is 5. The minimum atomic E-state index is -1.06. The molecule has 0 aliphatic carbocycles. The first-order valence-corrected chi connectivity index (χ1v) is 9.48. The highest BCUT2D eigenvalue weighted by Crippen LogP contribution is 2.41. The van der Waals surface area contributed by atoms with Crippen LogP contribution in [0.5, 0.6) is 11.5 Å². The number of carbonyl (C=O) groups excluding carboxylic acids is 1. The second-order valence-corrected chi connectivity index (χ2v) is 7.40. The number of pyridine rings is 1. The van der Waals surface area contributed by atoms with E-state index in [-0.39, 0.29) is 25.2 Å². The van der Waals surface area contributed by atoms with Gasteiger partial charge >= 0.3 is 6.09 Å². The van der Waals surface area contributed by atoms with Gasteiger partial charge in [0.1, 0.15) is 30.5 Å². The second kappa shape index (κ2) is 8.81. The number of benzene rings is 1. The van der Waals surface area contributed by atoms with E-state index in [4.69, 9.17) is 14.6 Å². The van der Waals surface area contributed by atoms with Crippen LogP contribution in [0.4, 0.5) is 10.6 Å². The topological polar surface area (TPSA) is 110 Å². The number of carboxylic acid groups (broad SMARTS) is 1. The molecule has 2 amide bonds. The Morgan fingerprint density at radius 2 is 2.07 bits per heavy atom. The first-order valence-electron chi connectivity index (χ1n) is 9.48. The Bertz CT molecular complexity index is 913. The molecule has 1 aromatic carbocycles. The minimum Gasteiger partial charge on any atom is -0.491 e. The number of hydrogen-bond donors (Lipinski definition) is 3. The largest absolute Gasteiger partial charge is 0.491 e. The van der Waals surface area contributed by atoms with Crippen LogP contribution in [0.2, 0.25) is 0 Å². The maximum Gasteiger partial charge on any atom is 0.404 e. The summed E-state index contributed by atoms with van der Waals surface area (Å²) in [4.78, 5) is 26.6. The summed E-state index contributed by atoms with van der Waals surface area (Å²) < 4.78 is 11.7. The molecule has 3 N–H and O–H groups in total. The summed E-state index contributed by atoms with van der Waals surface area (Å²) in [6, 6.07) is 7.10. The van der Waals surface area contributed by atoms with Crippen molar-refractivity contribution in [2.45, 2.75) is 39.8 Å². The van der Waals surface area contributed by atoms with E-state index in [9.17, 15) is 9.59 Å². The van der Waals surface area contributed by atoms with Crippen LogP contribution in [0, 0.1) is 5.92 Å². The van der Waals surface area contributed by atoms with E-state index in [0.29, 0.717) is 29.7 Å². The van der Waals surface area contributed by atoms with Gasteiger partial charge in [0, 0.05) is 30.3 Å². The van der Waals surface area contributed by atoms with Crippen LogP contribution in [0.25, 0.3) is 11.1 Å². The summed E-state index contributed by atoms with van der Waals surface area (Å²) in [5.41, 5.74) is 2.66. The molecule has 154 valence electrons. The fourth-order valence-corrected chi connectivity index (χ4v) is 3.36. The number of amides is 2. The average molecular weight is 399 g/mol. The molecule has 1 unspecified atom stereocenters. The summed E-state index contributed by atoms with van der Waals surface area (Å²) in [5, 5.41) is 14.2. The third-order valence-corrected chi connectivity index (χ3v) is 4.50. The number of carbonyl (C=O) groups is 2. The molecule has 0 fully saturated rings. The molecule has 1 aliphatic heterocycles. The van der Waals surface area contributed by atoms with E-state index in [1.54, 1.807) is 12.3 Å². The summed E-state index contributed by atoms with van der Waals surface area (Å²) in [7, 11) is 0. The van der Waals surface area contributed by atoms with Crippen molar-refractivity contribution in [2.24, 2.45) is 5.92 Å². The Morgan fingerprint density at radius 3 is 2.76 bits per heavy atom. The maximum absolute atomic E-state index is 11.4. The predicted octanol–water partition coefficient (Wildman–Crippen LogP) is 3.66. The molecule has 0 spiro atoms. The minimum absolute atomic E-state index is 0.189. The van der Waals surface area contributed by atoms with Crippen LogP contribution in [-0.2, 0) is 11.4 Å². The molecule has 8 nitrogen and oxygen atoms in total. The molecular weight excluding hydrogens is 374 g/mol. The van der Waals surface area contributed by atoms with E-state index in [1.165, 1.54) is 6.92 Å². The molecule has 2 heterocycles. The molecule has 1 atom stereocenters. The lowest BCUT2D eigenvalue weighted by Crippen LogP contribution is -2.39. The fraction of sp³-hybridized carbons (Fsp3) is 0.381.